The molecule has 0 radical (unpaired) electrons. The molecule has 2 aromatic carbocycles. The summed E-state index contributed by atoms with van der Waals surface area (Å²) in [5.41, 5.74) is 3.84. The van der Waals surface area contributed by atoms with Gasteiger partial charge in [0.05, 0.1) is 6.04 Å². The number of aromatic hydroxyl groups is 1. The van der Waals surface area contributed by atoms with E-state index in [1.165, 1.54) is 12.1 Å². The fourth-order valence-corrected chi connectivity index (χ4v) is 3.56. The number of nitrogens with zero attached hydrogens (tertiary/aromatic N) is 2. The number of amides is 1. The number of fused-ring (bicyclic) bond motifs is 1. The van der Waals surface area contributed by atoms with Crippen molar-refractivity contribution in [1.29, 1.82) is 0 Å². The Morgan fingerprint density at radius 3 is 2.74 bits per heavy atom. The van der Waals surface area contributed by atoms with Crippen molar-refractivity contribution in [2.24, 2.45) is 0 Å². The molecule has 136 valence electrons. The zero-order chi connectivity index (χ0) is 19.1. The molecule has 2 heterocycles. The molecular weight excluding hydrogens is 345 g/mol. The molecule has 0 saturated carbocycles. The van der Waals surface area contributed by atoms with Gasteiger partial charge < -0.3 is 10.0 Å². The predicted molar refractivity (Wildman–Crippen MR) is 99.9 cm³/mol. The van der Waals surface area contributed by atoms with Crippen LogP contribution in [0.5, 0.6) is 5.75 Å². The van der Waals surface area contributed by atoms with Crippen molar-refractivity contribution in [3.05, 3.63) is 83.3 Å². The SMILES string of the molecule is C=CCN1C(=O)c2[nH]nc(-c3cc(C)ccc3O)c2[C@H]1c1ccc(F)cc1. The Bertz CT molecular complexity index is 1040. The summed E-state index contributed by atoms with van der Waals surface area (Å²) in [5, 5.41) is 17.5. The van der Waals surface area contributed by atoms with Gasteiger partial charge in [-0.2, -0.15) is 5.10 Å². The smallest absolute Gasteiger partial charge is 0.273 e. The first-order valence-corrected chi connectivity index (χ1v) is 8.57. The van der Waals surface area contributed by atoms with Gasteiger partial charge in [0.2, 0.25) is 0 Å². The van der Waals surface area contributed by atoms with Gasteiger partial charge >= 0.3 is 0 Å². The molecule has 1 aromatic heterocycles. The minimum atomic E-state index is -0.445. The number of aryl methyl sites for hydroxylation is 1. The summed E-state index contributed by atoms with van der Waals surface area (Å²) >= 11 is 0. The molecule has 0 spiro atoms. The van der Waals surface area contributed by atoms with E-state index in [2.05, 4.69) is 16.8 Å². The van der Waals surface area contributed by atoms with E-state index in [0.717, 1.165) is 11.1 Å². The first-order chi connectivity index (χ1) is 13.0. The van der Waals surface area contributed by atoms with Crippen LogP contribution in [-0.2, 0) is 0 Å². The lowest BCUT2D eigenvalue weighted by Gasteiger charge is -2.25. The third-order valence-corrected chi connectivity index (χ3v) is 4.78. The van der Waals surface area contributed by atoms with Gasteiger partial charge in [0.15, 0.2) is 0 Å². The number of nitrogens with one attached hydrogen (secondary N) is 1. The van der Waals surface area contributed by atoms with Crippen LogP contribution < -0.4 is 0 Å². The average Bonchev–Trinajstić information content (AvgIpc) is 3.19. The number of H-pyrrole nitrogens is 1. The second-order valence-corrected chi connectivity index (χ2v) is 6.58. The van der Waals surface area contributed by atoms with E-state index < -0.39 is 6.04 Å². The molecule has 27 heavy (non-hydrogen) atoms. The van der Waals surface area contributed by atoms with E-state index in [1.54, 1.807) is 35.2 Å². The van der Waals surface area contributed by atoms with E-state index in [4.69, 9.17) is 0 Å². The Hall–Kier alpha value is -3.41. The molecule has 1 aliphatic rings. The zero-order valence-corrected chi connectivity index (χ0v) is 14.7. The molecule has 5 nitrogen and oxygen atoms in total. The maximum Gasteiger partial charge on any atom is 0.273 e. The average molecular weight is 363 g/mol. The predicted octanol–water partition coefficient (Wildman–Crippen LogP) is 3.96. The largest absolute Gasteiger partial charge is 0.507 e. The van der Waals surface area contributed by atoms with Gasteiger partial charge in [-0.15, -0.1) is 6.58 Å². The molecule has 0 bridgehead atoms. The zero-order valence-electron chi connectivity index (χ0n) is 14.7. The van der Waals surface area contributed by atoms with Gasteiger partial charge in [-0.25, -0.2) is 4.39 Å². The molecule has 0 unspecified atom stereocenters. The van der Waals surface area contributed by atoms with E-state index in [-0.39, 0.29) is 17.5 Å². The van der Waals surface area contributed by atoms with Crippen LogP contribution in [0.1, 0.15) is 33.2 Å². The topological polar surface area (TPSA) is 69.2 Å². The standard InChI is InChI=1S/C21H18FN3O2/c1-3-10-25-20(13-5-7-14(22)8-6-13)17-18(23-24-19(17)21(25)27)15-11-12(2)4-9-16(15)26/h3-9,11,20,26H,1,10H2,2H3,(H,23,24)/t20-/m1/s1. The molecule has 0 fully saturated rings. The van der Waals surface area contributed by atoms with Gasteiger partial charge in [-0.1, -0.05) is 29.8 Å². The third-order valence-electron chi connectivity index (χ3n) is 4.78. The van der Waals surface area contributed by atoms with Crippen molar-refractivity contribution in [3.63, 3.8) is 0 Å². The molecule has 0 saturated heterocycles. The lowest BCUT2D eigenvalue weighted by molar-refractivity contribution is 0.0764. The normalized spacial score (nSPS) is 15.9. The number of phenolic OH excluding ortho intramolecular Hbond substituents is 1. The van der Waals surface area contributed by atoms with Gasteiger partial charge in [-0.05, 0) is 36.8 Å². The van der Waals surface area contributed by atoms with E-state index >= 15 is 0 Å². The maximum absolute atomic E-state index is 13.4. The summed E-state index contributed by atoms with van der Waals surface area (Å²) in [6.45, 7) is 5.99. The first kappa shape index (κ1) is 17.0. The number of carbonyl (C=O) groups is 1. The Morgan fingerprint density at radius 1 is 1.30 bits per heavy atom. The highest BCUT2D eigenvalue weighted by Gasteiger charge is 2.41. The van der Waals surface area contributed by atoms with Crippen LogP contribution in [0.4, 0.5) is 4.39 Å². The van der Waals surface area contributed by atoms with Crippen LogP contribution in [-0.4, -0.2) is 32.7 Å². The molecule has 3 aromatic rings. The number of benzene rings is 2. The number of aromatic amines is 1. The minimum Gasteiger partial charge on any atom is -0.507 e. The number of hydrogen-bond acceptors (Lipinski definition) is 3. The van der Waals surface area contributed by atoms with Gasteiger partial charge in [-0.3, -0.25) is 9.89 Å². The van der Waals surface area contributed by atoms with Crippen LogP contribution in [0.3, 0.4) is 0 Å². The van der Waals surface area contributed by atoms with Crippen LogP contribution in [0.25, 0.3) is 11.3 Å². The van der Waals surface area contributed by atoms with E-state index in [1.807, 2.05) is 13.0 Å². The monoisotopic (exact) mass is 363 g/mol. The van der Waals surface area contributed by atoms with E-state index in [0.29, 0.717) is 29.1 Å². The Morgan fingerprint density at radius 2 is 2.04 bits per heavy atom. The van der Waals surface area contributed by atoms with Gasteiger partial charge in [0, 0.05) is 17.7 Å². The van der Waals surface area contributed by atoms with Gasteiger partial charge in [0.1, 0.15) is 23.0 Å². The number of halogens is 1. The van der Waals surface area contributed by atoms with Crippen LogP contribution in [0.2, 0.25) is 0 Å². The van der Waals surface area contributed by atoms with Crippen LogP contribution in [0.15, 0.2) is 55.1 Å². The first-order valence-electron chi connectivity index (χ1n) is 8.57. The van der Waals surface area contributed by atoms with Crippen molar-refractivity contribution in [1.82, 2.24) is 15.1 Å². The molecule has 1 amide bonds. The lowest BCUT2D eigenvalue weighted by atomic mass is 9.95. The minimum absolute atomic E-state index is 0.0855. The third kappa shape index (κ3) is 2.70. The summed E-state index contributed by atoms with van der Waals surface area (Å²) in [6, 6.07) is 10.8. The van der Waals surface area contributed by atoms with Crippen molar-refractivity contribution in [2.45, 2.75) is 13.0 Å². The molecule has 6 heteroatoms. The Balaban J connectivity index is 1.93. The molecular formula is C21H18FN3O2. The summed E-state index contributed by atoms with van der Waals surface area (Å²) in [4.78, 5) is 14.6. The Labute approximate surface area is 155 Å². The molecule has 4 rings (SSSR count). The summed E-state index contributed by atoms with van der Waals surface area (Å²) < 4.78 is 13.4. The number of aromatic nitrogens is 2. The van der Waals surface area contributed by atoms with Crippen LogP contribution in [0, 0.1) is 12.7 Å². The van der Waals surface area contributed by atoms with Crippen molar-refractivity contribution >= 4 is 5.91 Å². The summed E-state index contributed by atoms with van der Waals surface area (Å²) in [7, 11) is 0. The fourth-order valence-electron chi connectivity index (χ4n) is 3.56. The fraction of sp³-hybridized carbons (Fsp3) is 0.143. The molecule has 1 atom stereocenters. The van der Waals surface area contributed by atoms with E-state index in [9.17, 15) is 14.3 Å². The second kappa shape index (κ2) is 6.39. The second-order valence-electron chi connectivity index (χ2n) is 6.58. The molecule has 1 aliphatic heterocycles. The quantitative estimate of drug-likeness (QED) is 0.690. The molecule has 0 aliphatic carbocycles. The van der Waals surface area contributed by atoms with Crippen molar-refractivity contribution in [2.75, 3.05) is 6.54 Å². The highest BCUT2D eigenvalue weighted by atomic mass is 19.1. The molecule has 2 N–H and O–H groups in total. The van der Waals surface area contributed by atoms with Crippen LogP contribution >= 0.6 is 0 Å². The highest BCUT2D eigenvalue weighted by Crippen LogP contribution is 2.44. The summed E-state index contributed by atoms with van der Waals surface area (Å²) in [6.07, 6.45) is 1.65. The highest BCUT2D eigenvalue weighted by molar-refractivity contribution is 6.00. The van der Waals surface area contributed by atoms with Crippen molar-refractivity contribution in [3.8, 4) is 17.0 Å². The maximum atomic E-state index is 13.4. The Kier molecular flexibility index (Phi) is 4.03. The number of hydrogen-bond donors (Lipinski definition) is 2. The number of rotatable bonds is 4. The van der Waals surface area contributed by atoms with Gasteiger partial charge in [0.25, 0.3) is 5.91 Å². The van der Waals surface area contributed by atoms with Crippen molar-refractivity contribution < 1.29 is 14.3 Å². The summed E-state index contributed by atoms with van der Waals surface area (Å²) in [5.74, 6) is -0.463. The lowest BCUT2D eigenvalue weighted by Crippen LogP contribution is -2.29. The number of phenols is 1. The number of carbonyl (C=O) groups excluding carboxylic acids is 1.